The molecule has 2 aromatic rings. The molecule has 0 radical (unpaired) electrons. The molecule has 0 saturated carbocycles. The molecule has 1 aromatic heterocycles. The first-order valence-electron chi connectivity index (χ1n) is 9.42. The number of alkyl halides is 2. The number of aliphatic imine (C=N–C) groups is 1. The SMILES string of the molecule is CNC(=O)C(N)=C1CN(c2cn[nH]c(=O)c2Cl)CCC1=NCc1ccccc1C(F)F. The van der Waals surface area contributed by atoms with E-state index in [0.717, 1.165) is 0 Å². The second kappa shape index (κ2) is 9.69. The van der Waals surface area contributed by atoms with Crippen molar-refractivity contribution in [2.75, 3.05) is 25.0 Å². The van der Waals surface area contributed by atoms with Gasteiger partial charge in [0.1, 0.15) is 10.7 Å². The quantitative estimate of drug-likeness (QED) is 0.604. The Hall–Kier alpha value is -3.27. The first-order chi connectivity index (χ1) is 14.8. The number of nitrogens with zero attached hydrogens (tertiary/aromatic N) is 3. The topological polar surface area (TPSA) is 116 Å². The van der Waals surface area contributed by atoms with Crippen LogP contribution in [0.25, 0.3) is 0 Å². The fraction of sp³-hybridized carbons (Fsp3) is 0.300. The van der Waals surface area contributed by atoms with Crippen molar-refractivity contribution in [3.8, 4) is 0 Å². The van der Waals surface area contributed by atoms with E-state index in [9.17, 15) is 18.4 Å². The number of nitrogens with two attached hydrogens (primary N) is 1. The number of nitrogens with one attached hydrogen (secondary N) is 2. The fourth-order valence-electron chi connectivity index (χ4n) is 3.31. The number of anilines is 1. The standard InChI is InChI=1S/C20H21ClF2N6O2/c1-25-20(31)17(24)13-10-29(15-9-27-28-19(30)16(15)21)7-6-14(13)26-8-11-4-2-3-5-12(11)18(22)23/h2-5,9,18H,6-8,10,24H2,1H3,(H,25,31)(H,28,30). The Morgan fingerprint density at radius 1 is 1.42 bits per heavy atom. The van der Waals surface area contributed by atoms with E-state index in [-0.39, 0.29) is 29.4 Å². The predicted octanol–water partition coefficient (Wildman–Crippen LogP) is 2.17. The minimum absolute atomic E-state index is 0.0215. The van der Waals surface area contributed by atoms with Crippen molar-refractivity contribution < 1.29 is 13.6 Å². The maximum atomic E-state index is 13.3. The molecule has 1 aliphatic rings. The van der Waals surface area contributed by atoms with Gasteiger partial charge in [0, 0.05) is 43.4 Å². The molecule has 1 fully saturated rings. The molecule has 4 N–H and O–H groups in total. The van der Waals surface area contributed by atoms with Gasteiger partial charge in [-0.2, -0.15) is 5.10 Å². The first-order valence-corrected chi connectivity index (χ1v) is 9.79. The second-order valence-electron chi connectivity index (χ2n) is 6.80. The maximum Gasteiger partial charge on any atom is 0.285 e. The zero-order valence-electron chi connectivity index (χ0n) is 16.7. The van der Waals surface area contributed by atoms with Crippen molar-refractivity contribution in [1.82, 2.24) is 15.5 Å². The van der Waals surface area contributed by atoms with Gasteiger partial charge in [0.15, 0.2) is 0 Å². The summed E-state index contributed by atoms with van der Waals surface area (Å²) in [5.74, 6) is -0.493. The van der Waals surface area contributed by atoms with Gasteiger partial charge >= 0.3 is 0 Å². The summed E-state index contributed by atoms with van der Waals surface area (Å²) in [7, 11) is 1.45. The summed E-state index contributed by atoms with van der Waals surface area (Å²) in [5, 5.41) is 8.46. The number of H-pyrrole nitrogens is 1. The Bertz CT molecular complexity index is 1100. The highest BCUT2D eigenvalue weighted by atomic mass is 35.5. The summed E-state index contributed by atoms with van der Waals surface area (Å²) in [5.41, 5.74) is 7.18. The molecule has 0 atom stereocenters. The summed E-state index contributed by atoms with van der Waals surface area (Å²) in [4.78, 5) is 30.3. The van der Waals surface area contributed by atoms with E-state index in [0.29, 0.717) is 35.5 Å². The summed E-state index contributed by atoms with van der Waals surface area (Å²) < 4.78 is 26.6. The molecule has 1 amide bonds. The maximum absolute atomic E-state index is 13.3. The third-order valence-corrected chi connectivity index (χ3v) is 5.33. The van der Waals surface area contributed by atoms with Crippen LogP contribution in [0.5, 0.6) is 0 Å². The molecule has 1 aromatic carbocycles. The number of amides is 1. The average Bonchev–Trinajstić information content (AvgIpc) is 2.78. The summed E-state index contributed by atoms with van der Waals surface area (Å²) in [6.45, 7) is 0.595. The monoisotopic (exact) mass is 450 g/mol. The van der Waals surface area contributed by atoms with Crippen molar-refractivity contribution in [3.63, 3.8) is 0 Å². The van der Waals surface area contributed by atoms with Gasteiger partial charge in [-0.15, -0.1) is 0 Å². The number of hydrogen-bond donors (Lipinski definition) is 3. The number of hydrogen-bond acceptors (Lipinski definition) is 6. The number of benzene rings is 1. The molecule has 0 bridgehead atoms. The van der Waals surface area contributed by atoms with E-state index >= 15 is 0 Å². The predicted molar refractivity (Wildman–Crippen MR) is 115 cm³/mol. The van der Waals surface area contributed by atoms with Crippen LogP contribution < -0.4 is 21.5 Å². The zero-order valence-corrected chi connectivity index (χ0v) is 17.4. The van der Waals surface area contributed by atoms with Crippen molar-refractivity contribution in [3.05, 3.63) is 68.2 Å². The molecule has 31 heavy (non-hydrogen) atoms. The van der Waals surface area contributed by atoms with E-state index in [1.165, 1.54) is 19.3 Å². The van der Waals surface area contributed by atoms with Crippen LogP contribution in [0.15, 0.2) is 51.5 Å². The van der Waals surface area contributed by atoms with E-state index in [1.54, 1.807) is 23.1 Å². The molecule has 3 rings (SSSR count). The third-order valence-electron chi connectivity index (χ3n) is 4.96. The molecule has 1 aliphatic heterocycles. The number of piperidine rings is 1. The Morgan fingerprint density at radius 3 is 2.87 bits per heavy atom. The van der Waals surface area contributed by atoms with E-state index in [4.69, 9.17) is 17.3 Å². The van der Waals surface area contributed by atoms with Crippen molar-refractivity contribution in [2.24, 2.45) is 10.7 Å². The Kier molecular flexibility index (Phi) is 7.01. The number of carbonyl (C=O) groups excluding carboxylic acids is 1. The fourth-order valence-corrected chi connectivity index (χ4v) is 3.52. The summed E-state index contributed by atoms with van der Waals surface area (Å²) in [6, 6.07) is 6.17. The highest BCUT2D eigenvalue weighted by Gasteiger charge is 2.26. The number of halogens is 3. The molecule has 164 valence electrons. The molecule has 0 unspecified atom stereocenters. The number of rotatable bonds is 5. The van der Waals surface area contributed by atoms with Gasteiger partial charge in [0.2, 0.25) is 0 Å². The molecule has 2 heterocycles. The number of aromatic amines is 1. The van der Waals surface area contributed by atoms with Gasteiger partial charge in [0.25, 0.3) is 17.9 Å². The normalized spacial score (nSPS) is 17.2. The van der Waals surface area contributed by atoms with Gasteiger partial charge in [-0.1, -0.05) is 35.9 Å². The minimum atomic E-state index is -2.62. The van der Waals surface area contributed by atoms with Crippen LogP contribution in [0.3, 0.4) is 0 Å². The lowest BCUT2D eigenvalue weighted by Gasteiger charge is -2.32. The highest BCUT2D eigenvalue weighted by Crippen LogP contribution is 2.27. The second-order valence-corrected chi connectivity index (χ2v) is 7.18. The van der Waals surface area contributed by atoms with E-state index in [1.807, 2.05) is 0 Å². The van der Waals surface area contributed by atoms with Crippen LogP contribution >= 0.6 is 11.6 Å². The van der Waals surface area contributed by atoms with Crippen molar-refractivity contribution in [1.29, 1.82) is 0 Å². The van der Waals surface area contributed by atoms with Crippen LogP contribution in [-0.2, 0) is 11.3 Å². The van der Waals surface area contributed by atoms with Crippen LogP contribution in [0.4, 0.5) is 14.5 Å². The number of aromatic nitrogens is 2. The van der Waals surface area contributed by atoms with Crippen LogP contribution in [0, 0.1) is 0 Å². The molecular formula is C20H21ClF2N6O2. The van der Waals surface area contributed by atoms with Crippen molar-refractivity contribution >= 4 is 28.9 Å². The number of likely N-dealkylation sites (N-methyl/N-ethyl adjacent to an activating group) is 1. The Balaban J connectivity index is 1.96. The van der Waals surface area contributed by atoms with Crippen LogP contribution in [0.1, 0.15) is 24.0 Å². The Morgan fingerprint density at radius 2 is 2.16 bits per heavy atom. The van der Waals surface area contributed by atoms with Gasteiger partial charge in [0.05, 0.1) is 18.4 Å². The number of carbonyl (C=O) groups is 1. The minimum Gasteiger partial charge on any atom is -0.394 e. The lowest BCUT2D eigenvalue weighted by Crippen LogP contribution is -2.40. The Labute approximate surface area is 181 Å². The average molecular weight is 451 g/mol. The molecule has 0 aliphatic carbocycles. The third kappa shape index (κ3) is 4.91. The molecular weight excluding hydrogens is 430 g/mol. The van der Waals surface area contributed by atoms with E-state index in [2.05, 4.69) is 20.5 Å². The molecule has 1 saturated heterocycles. The molecule has 0 spiro atoms. The molecule has 8 nitrogen and oxygen atoms in total. The van der Waals surface area contributed by atoms with Gasteiger partial charge in [-0.25, -0.2) is 13.9 Å². The highest BCUT2D eigenvalue weighted by molar-refractivity contribution is 6.33. The zero-order chi connectivity index (χ0) is 22.5. The van der Waals surface area contributed by atoms with Crippen LogP contribution in [0.2, 0.25) is 5.02 Å². The van der Waals surface area contributed by atoms with Gasteiger partial charge < -0.3 is 16.0 Å². The lowest BCUT2D eigenvalue weighted by molar-refractivity contribution is -0.117. The van der Waals surface area contributed by atoms with Gasteiger partial charge in [-0.05, 0) is 5.56 Å². The summed E-state index contributed by atoms with van der Waals surface area (Å²) in [6.07, 6.45) is -0.833. The largest absolute Gasteiger partial charge is 0.394 e. The van der Waals surface area contributed by atoms with Crippen LogP contribution in [-0.4, -0.2) is 42.0 Å². The van der Waals surface area contributed by atoms with Gasteiger partial charge in [-0.3, -0.25) is 14.6 Å². The lowest BCUT2D eigenvalue weighted by atomic mass is 9.98. The van der Waals surface area contributed by atoms with E-state index < -0.39 is 17.9 Å². The first kappa shape index (κ1) is 22.4. The smallest absolute Gasteiger partial charge is 0.285 e. The summed E-state index contributed by atoms with van der Waals surface area (Å²) >= 11 is 6.12. The van der Waals surface area contributed by atoms with Crippen molar-refractivity contribution in [2.45, 2.75) is 19.4 Å². The molecule has 11 heteroatoms.